The molecule has 1 fully saturated rings. The van der Waals surface area contributed by atoms with E-state index in [-0.39, 0.29) is 12.0 Å². The standard InChI is InChI=1S/C19H23ClN4O2/c1-13-11-17(24-19(23-13)22-12-16-3-2-10-26-16)18(25)21-9-8-14-4-6-15(20)7-5-14/h4-7,11,16H,2-3,8-10,12H2,1H3,(H,21,25)(H,22,23,24). The monoisotopic (exact) mass is 374 g/mol. The zero-order valence-corrected chi connectivity index (χ0v) is 15.6. The van der Waals surface area contributed by atoms with Gasteiger partial charge in [-0.3, -0.25) is 4.79 Å². The van der Waals surface area contributed by atoms with Gasteiger partial charge in [0.15, 0.2) is 0 Å². The third-order valence-corrected chi connectivity index (χ3v) is 4.46. The van der Waals surface area contributed by atoms with Crippen LogP contribution in [0.2, 0.25) is 5.02 Å². The number of ether oxygens (including phenoxy) is 1. The summed E-state index contributed by atoms with van der Waals surface area (Å²) < 4.78 is 5.58. The molecule has 0 bridgehead atoms. The fourth-order valence-electron chi connectivity index (χ4n) is 2.84. The maximum Gasteiger partial charge on any atom is 0.270 e. The van der Waals surface area contributed by atoms with Crippen LogP contribution in [-0.2, 0) is 11.2 Å². The number of carbonyl (C=O) groups excluding carboxylic acids is 1. The lowest BCUT2D eigenvalue weighted by atomic mass is 10.1. The van der Waals surface area contributed by atoms with Crippen molar-refractivity contribution in [2.45, 2.75) is 32.3 Å². The van der Waals surface area contributed by atoms with Crippen LogP contribution in [0.4, 0.5) is 5.95 Å². The first-order chi connectivity index (χ1) is 12.6. The lowest BCUT2D eigenvalue weighted by Crippen LogP contribution is -2.27. The highest BCUT2D eigenvalue weighted by molar-refractivity contribution is 6.30. The molecule has 1 atom stereocenters. The van der Waals surface area contributed by atoms with E-state index in [0.29, 0.717) is 29.8 Å². The Kier molecular flexibility index (Phi) is 6.41. The van der Waals surface area contributed by atoms with Crippen molar-refractivity contribution in [2.75, 3.05) is 25.0 Å². The van der Waals surface area contributed by atoms with Gasteiger partial charge in [-0.15, -0.1) is 0 Å². The molecule has 1 unspecified atom stereocenters. The van der Waals surface area contributed by atoms with Crippen LogP contribution in [-0.4, -0.2) is 41.7 Å². The average molecular weight is 375 g/mol. The first-order valence-electron chi connectivity index (χ1n) is 8.84. The number of benzene rings is 1. The van der Waals surface area contributed by atoms with Crippen molar-refractivity contribution in [2.24, 2.45) is 0 Å². The van der Waals surface area contributed by atoms with Crippen LogP contribution in [0.25, 0.3) is 0 Å². The van der Waals surface area contributed by atoms with Crippen molar-refractivity contribution in [3.05, 3.63) is 52.3 Å². The van der Waals surface area contributed by atoms with E-state index in [2.05, 4.69) is 20.6 Å². The summed E-state index contributed by atoms with van der Waals surface area (Å²) in [7, 11) is 0. The van der Waals surface area contributed by atoms with Gasteiger partial charge >= 0.3 is 0 Å². The van der Waals surface area contributed by atoms with Gasteiger partial charge in [-0.25, -0.2) is 9.97 Å². The number of hydrogen-bond donors (Lipinski definition) is 2. The van der Waals surface area contributed by atoms with E-state index < -0.39 is 0 Å². The number of aryl methyl sites for hydroxylation is 1. The summed E-state index contributed by atoms with van der Waals surface area (Å²) in [5, 5.41) is 6.78. The van der Waals surface area contributed by atoms with E-state index in [1.807, 2.05) is 31.2 Å². The molecule has 0 spiro atoms. The summed E-state index contributed by atoms with van der Waals surface area (Å²) >= 11 is 5.88. The highest BCUT2D eigenvalue weighted by Crippen LogP contribution is 2.13. The lowest BCUT2D eigenvalue weighted by Gasteiger charge is -2.12. The number of carbonyl (C=O) groups is 1. The zero-order chi connectivity index (χ0) is 18.4. The fraction of sp³-hybridized carbons (Fsp3) is 0.421. The molecule has 2 heterocycles. The van der Waals surface area contributed by atoms with Crippen LogP contribution < -0.4 is 10.6 Å². The van der Waals surface area contributed by atoms with Crippen LogP contribution in [0.3, 0.4) is 0 Å². The zero-order valence-electron chi connectivity index (χ0n) is 14.8. The van der Waals surface area contributed by atoms with Crippen molar-refractivity contribution in [3.8, 4) is 0 Å². The largest absolute Gasteiger partial charge is 0.376 e. The van der Waals surface area contributed by atoms with Crippen LogP contribution in [0.1, 0.15) is 34.6 Å². The highest BCUT2D eigenvalue weighted by Gasteiger charge is 2.16. The van der Waals surface area contributed by atoms with Crippen molar-refractivity contribution >= 4 is 23.5 Å². The molecule has 1 aliphatic heterocycles. The predicted molar refractivity (Wildman–Crippen MR) is 102 cm³/mol. The van der Waals surface area contributed by atoms with E-state index in [1.54, 1.807) is 6.07 Å². The summed E-state index contributed by atoms with van der Waals surface area (Å²) in [5.41, 5.74) is 2.23. The molecule has 0 aliphatic carbocycles. The number of anilines is 1. The van der Waals surface area contributed by atoms with Gasteiger partial charge in [0.2, 0.25) is 5.95 Å². The van der Waals surface area contributed by atoms with Crippen molar-refractivity contribution in [1.82, 2.24) is 15.3 Å². The topological polar surface area (TPSA) is 76.1 Å². The Morgan fingerprint density at radius 1 is 1.31 bits per heavy atom. The molecule has 3 rings (SSSR count). The van der Waals surface area contributed by atoms with Crippen LogP contribution >= 0.6 is 11.6 Å². The summed E-state index contributed by atoms with van der Waals surface area (Å²) in [4.78, 5) is 21.0. The Balaban J connectivity index is 1.53. The smallest absolute Gasteiger partial charge is 0.270 e. The van der Waals surface area contributed by atoms with Crippen LogP contribution in [0.5, 0.6) is 0 Å². The summed E-state index contributed by atoms with van der Waals surface area (Å²) in [5.74, 6) is 0.257. The molecule has 0 radical (unpaired) electrons. The molecule has 1 amide bonds. The molecule has 26 heavy (non-hydrogen) atoms. The summed E-state index contributed by atoms with van der Waals surface area (Å²) in [6, 6.07) is 9.29. The Morgan fingerprint density at radius 2 is 2.12 bits per heavy atom. The molecule has 0 saturated carbocycles. The quantitative estimate of drug-likeness (QED) is 0.779. The normalized spacial score (nSPS) is 16.5. The number of halogens is 1. The van der Waals surface area contributed by atoms with Gasteiger partial charge in [0, 0.05) is 30.4 Å². The lowest BCUT2D eigenvalue weighted by molar-refractivity contribution is 0.0949. The first-order valence-corrected chi connectivity index (χ1v) is 9.22. The van der Waals surface area contributed by atoms with Gasteiger partial charge in [0.05, 0.1) is 6.10 Å². The van der Waals surface area contributed by atoms with Gasteiger partial charge < -0.3 is 15.4 Å². The molecule has 6 nitrogen and oxygen atoms in total. The number of amides is 1. The van der Waals surface area contributed by atoms with Gasteiger partial charge in [-0.1, -0.05) is 23.7 Å². The van der Waals surface area contributed by atoms with Gasteiger partial charge in [-0.2, -0.15) is 0 Å². The third kappa shape index (κ3) is 5.41. The third-order valence-electron chi connectivity index (χ3n) is 4.21. The first kappa shape index (κ1) is 18.6. The van der Waals surface area contributed by atoms with E-state index in [4.69, 9.17) is 16.3 Å². The predicted octanol–water partition coefficient (Wildman–Crippen LogP) is 3.00. The number of hydrogen-bond acceptors (Lipinski definition) is 5. The molecule has 1 saturated heterocycles. The summed E-state index contributed by atoms with van der Waals surface area (Å²) in [6.07, 6.45) is 3.05. The number of rotatable bonds is 7. The molecule has 2 aromatic rings. The fourth-order valence-corrected chi connectivity index (χ4v) is 2.96. The maximum atomic E-state index is 12.4. The Morgan fingerprint density at radius 3 is 2.85 bits per heavy atom. The maximum absolute atomic E-state index is 12.4. The number of nitrogens with one attached hydrogen (secondary N) is 2. The van der Waals surface area contributed by atoms with E-state index in [0.717, 1.165) is 37.1 Å². The number of aromatic nitrogens is 2. The molecule has 1 aromatic heterocycles. The summed E-state index contributed by atoms with van der Waals surface area (Å²) in [6.45, 7) is 3.84. The Labute approximate surface area is 158 Å². The minimum atomic E-state index is -0.204. The molecule has 1 aromatic carbocycles. The minimum absolute atomic E-state index is 0.191. The molecule has 138 valence electrons. The van der Waals surface area contributed by atoms with Crippen molar-refractivity contribution in [3.63, 3.8) is 0 Å². The molecule has 2 N–H and O–H groups in total. The van der Waals surface area contributed by atoms with Crippen molar-refractivity contribution in [1.29, 1.82) is 0 Å². The second-order valence-corrected chi connectivity index (χ2v) is 6.80. The van der Waals surface area contributed by atoms with Gasteiger partial charge in [0.1, 0.15) is 5.69 Å². The Hall–Kier alpha value is -2.18. The second-order valence-electron chi connectivity index (χ2n) is 6.37. The molecular formula is C19H23ClN4O2. The van der Waals surface area contributed by atoms with Gasteiger partial charge in [0.25, 0.3) is 5.91 Å². The Bertz CT molecular complexity index is 746. The molecule has 1 aliphatic rings. The van der Waals surface area contributed by atoms with Crippen LogP contribution in [0, 0.1) is 6.92 Å². The van der Waals surface area contributed by atoms with E-state index in [1.165, 1.54) is 0 Å². The van der Waals surface area contributed by atoms with E-state index >= 15 is 0 Å². The average Bonchev–Trinajstić information content (AvgIpc) is 3.15. The number of nitrogens with zero attached hydrogens (tertiary/aromatic N) is 2. The highest BCUT2D eigenvalue weighted by atomic mass is 35.5. The van der Waals surface area contributed by atoms with Crippen molar-refractivity contribution < 1.29 is 9.53 Å². The molecule has 7 heteroatoms. The SMILES string of the molecule is Cc1cc(C(=O)NCCc2ccc(Cl)cc2)nc(NCC2CCCO2)n1. The van der Waals surface area contributed by atoms with E-state index in [9.17, 15) is 4.79 Å². The minimum Gasteiger partial charge on any atom is -0.376 e. The van der Waals surface area contributed by atoms with Gasteiger partial charge in [-0.05, 0) is 49.9 Å². The molecular weight excluding hydrogens is 352 g/mol. The van der Waals surface area contributed by atoms with Crippen LogP contribution in [0.15, 0.2) is 30.3 Å². The second kappa shape index (κ2) is 8.96.